The van der Waals surface area contributed by atoms with Gasteiger partial charge in [-0.3, -0.25) is 0 Å². The number of aryl methyl sites for hydroxylation is 3. The van der Waals surface area contributed by atoms with E-state index in [2.05, 4.69) is 24.6 Å². The van der Waals surface area contributed by atoms with Crippen LogP contribution in [0, 0.1) is 20.8 Å². The van der Waals surface area contributed by atoms with Crippen LogP contribution in [-0.2, 0) is 0 Å². The molecule has 0 aliphatic carbocycles. The van der Waals surface area contributed by atoms with Gasteiger partial charge < -0.3 is 5.11 Å². The molecule has 0 amide bonds. The number of carbonyl (C=O) groups is 1. The van der Waals surface area contributed by atoms with Gasteiger partial charge in [0.05, 0.1) is 5.56 Å². The topological polar surface area (TPSA) is 37.3 Å². The summed E-state index contributed by atoms with van der Waals surface area (Å²) < 4.78 is 0. The second kappa shape index (κ2) is 8.39. The first-order valence-corrected chi connectivity index (χ1v) is 6.25. The van der Waals surface area contributed by atoms with Crippen molar-refractivity contribution in [2.24, 2.45) is 0 Å². The molecule has 1 aromatic carbocycles. The molecule has 17 heavy (non-hydrogen) atoms. The van der Waals surface area contributed by atoms with Crippen LogP contribution in [0.4, 0.5) is 0 Å². The van der Waals surface area contributed by atoms with Gasteiger partial charge in [-0.2, -0.15) is 0 Å². The molecule has 3 heteroatoms. The molecule has 0 radical (unpaired) electrons. The third-order valence-electron chi connectivity index (χ3n) is 2.78. The van der Waals surface area contributed by atoms with Gasteiger partial charge in [-0.05, 0) is 43.5 Å². The van der Waals surface area contributed by atoms with Gasteiger partial charge in [0.15, 0.2) is 0 Å². The van der Waals surface area contributed by atoms with Crippen LogP contribution in [0.15, 0.2) is 12.1 Å². The Bertz CT molecular complexity index is 371. The van der Waals surface area contributed by atoms with Crippen molar-refractivity contribution in [3.05, 3.63) is 34.4 Å². The summed E-state index contributed by atoms with van der Waals surface area (Å²) in [5, 5.41) is 10.1. The molecule has 0 aliphatic rings. The third kappa shape index (κ3) is 5.96. The van der Waals surface area contributed by atoms with Crippen molar-refractivity contribution in [1.29, 1.82) is 0 Å². The Labute approximate surface area is 114 Å². The van der Waals surface area contributed by atoms with Gasteiger partial charge in [0.2, 0.25) is 0 Å². The number of carboxylic acids is 1. The molecule has 0 unspecified atom stereocenters. The monoisotopic (exact) mass is 228 g/mol. The van der Waals surface area contributed by atoms with E-state index in [0.717, 1.165) is 16.7 Å². The van der Waals surface area contributed by atoms with Gasteiger partial charge in [0, 0.05) is 0 Å². The molecule has 2 nitrogen and oxygen atoms in total. The van der Waals surface area contributed by atoms with E-state index in [-0.39, 0.29) is 0 Å². The predicted octanol–water partition coefficient (Wildman–Crippen LogP) is 3.68. The Kier molecular flexibility index (Phi) is 8.04. The van der Waals surface area contributed by atoms with Gasteiger partial charge in [-0.25, -0.2) is 4.79 Å². The zero-order chi connectivity index (χ0) is 13.4. The number of rotatable bonds is 3. The van der Waals surface area contributed by atoms with Crippen LogP contribution in [-0.4, -0.2) is 28.8 Å². The second-order valence-electron chi connectivity index (χ2n) is 4.41. The van der Waals surface area contributed by atoms with Crippen molar-refractivity contribution in [1.82, 2.24) is 0 Å². The summed E-state index contributed by atoms with van der Waals surface area (Å²) >= 11 is 2.21. The summed E-state index contributed by atoms with van der Waals surface area (Å²) in [5.74, 6) is -0.851. The van der Waals surface area contributed by atoms with E-state index in [1.807, 2.05) is 26.8 Å². The fourth-order valence-electron chi connectivity index (χ4n) is 1.54. The molecular weight excluding hydrogens is 207 g/mol. The number of hydrogen-bond donors (Lipinski definition) is 1. The first-order chi connectivity index (χ1) is 7.93. The quantitative estimate of drug-likeness (QED) is 0.801. The van der Waals surface area contributed by atoms with Gasteiger partial charge in [0.1, 0.15) is 0 Å². The van der Waals surface area contributed by atoms with E-state index in [0.29, 0.717) is 5.56 Å². The molecule has 1 aromatic rings. The zero-order valence-corrected chi connectivity index (χ0v) is 11.6. The molecule has 1 rings (SSSR count). The second-order valence-corrected chi connectivity index (χ2v) is 4.41. The predicted molar refractivity (Wildman–Crippen MR) is 73.1 cm³/mol. The van der Waals surface area contributed by atoms with Crippen LogP contribution in [0.2, 0.25) is 5.09 Å². The van der Waals surface area contributed by atoms with Gasteiger partial charge in [-0.1, -0.05) is 6.07 Å². The van der Waals surface area contributed by atoms with E-state index in [4.69, 9.17) is 5.11 Å². The van der Waals surface area contributed by atoms with Crippen LogP contribution in [0.25, 0.3) is 0 Å². The van der Waals surface area contributed by atoms with Gasteiger partial charge in [0.25, 0.3) is 0 Å². The fourth-order valence-corrected chi connectivity index (χ4v) is 1.54. The van der Waals surface area contributed by atoms with Crippen molar-refractivity contribution < 1.29 is 9.90 Å². The van der Waals surface area contributed by atoms with Crippen molar-refractivity contribution in [3.8, 4) is 0 Å². The molecule has 0 saturated heterocycles. The Balaban J connectivity index is 0.000000437. The maximum absolute atomic E-state index is 10.7. The number of benzene rings is 1. The summed E-state index contributed by atoms with van der Waals surface area (Å²) in [5.41, 5.74) is 3.39. The molecule has 0 bridgehead atoms. The van der Waals surface area contributed by atoms with Crippen molar-refractivity contribution >= 4 is 23.7 Å². The first-order valence-electron chi connectivity index (χ1n) is 6.25. The van der Waals surface area contributed by atoms with Crippen LogP contribution in [0.3, 0.4) is 0 Å². The van der Waals surface area contributed by atoms with Crippen LogP contribution >= 0.6 is 0 Å². The average molecular weight is 228 g/mol. The Morgan fingerprint density at radius 2 is 1.71 bits per heavy atom. The van der Waals surface area contributed by atoms with E-state index in [1.54, 1.807) is 6.07 Å². The summed E-state index contributed by atoms with van der Waals surface area (Å²) in [6.45, 7) is 7.93. The minimum atomic E-state index is -0.851. The average Bonchev–Trinajstić information content (AvgIpc) is 2.25. The number of carboxylic acid groups (broad SMARTS) is 1. The molecule has 0 heterocycles. The Morgan fingerprint density at radius 3 is 2.06 bits per heavy atom. The van der Waals surface area contributed by atoms with Crippen molar-refractivity contribution in [3.63, 3.8) is 0 Å². The fraction of sp³-hybridized carbons (Fsp3) is 0.500. The first kappa shape index (κ1) is 16.3. The molecule has 0 atom stereocenters. The summed E-state index contributed by atoms with van der Waals surface area (Å²) in [7, 11) is 0. The molecule has 0 spiro atoms. The molecule has 0 aliphatic heterocycles. The van der Waals surface area contributed by atoms with Crippen LogP contribution in [0.1, 0.15) is 46.8 Å². The molecule has 0 aromatic heterocycles. The van der Waals surface area contributed by atoms with Crippen molar-refractivity contribution in [2.75, 3.05) is 0 Å². The van der Waals surface area contributed by atoms with Crippen LogP contribution in [0.5, 0.6) is 0 Å². The number of aromatic carboxylic acids is 1. The summed E-state index contributed by atoms with van der Waals surface area (Å²) in [4.78, 5) is 10.7. The van der Waals surface area contributed by atoms with E-state index >= 15 is 0 Å². The number of unbranched alkanes of at least 4 members (excludes halogenated alkanes) is 1. The zero-order valence-electron chi connectivity index (χ0n) is 11.6. The molecule has 0 saturated carbocycles. The van der Waals surface area contributed by atoms with Crippen molar-refractivity contribution in [2.45, 2.75) is 45.6 Å². The Hall–Kier alpha value is -0.713. The maximum atomic E-state index is 10.7. The molecule has 1 N–H and O–H groups in total. The standard InChI is InChI=1S/C10H12O2.C4H9.Li/c1-6-4-8(3)9(10(11)12)5-7(6)2;1-3-4-2;/h4-5H,1-3H3,(H,11,12);1,3-4H2,2H3;. The third-order valence-corrected chi connectivity index (χ3v) is 2.78. The van der Waals surface area contributed by atoms with E-state index < -0.39 is 5.97 Å². The molecule has 90 valence electrons. The summed E-state index contributed by atoms with van der Waals surface area (Å²) in [6.07, 6.45) is 2.73. The molecule has 0 fully saturated rings. The van der Waals surface area contributed by atoms with Gasteiger partial charge >= 0.3 is 48.5 Å². The van der Waals surface area contributed by atoms with Gasteiger partial charge in [-0.15, -0.1) is 0 Å². The minimum absolute atomic E-state index is 0.401. The SMILES string of the molecule is Cc1cc(C)c(C(=O)O)cc1C.[Li][CH2]CCC. The normalized spacial score (nSPS) is 9.53. The van der Waals surface area contributed by atoms with E-state index in [1.165, 1.54) is 17.9 Å². The van der Waals surface area contributed by atoms with Crippen LogP contribution < -0.4 is 0 Å². The molecular formula is C14H21LiO2. The number of hydrogen-bond acceptors (Lipinski definition) is 1. The van der Waals surface area contributed by atoms with E-state index in [9.17, 15) is 4.79 Å². The Morgan fingerprint density at radius 1 is 1.18 bits per heavy atom. The summed E-state index contributed by atoms with van der Waals surface area (Å²) in [6, 6.07) is 3.62.